The molecule has 2 N–H and O–H groups in total. The normalized spacial score (nSPS) is 16.1. The number of hydrogen-bond donors (Lipinski definition) is 1. The van der Waals surface area contributed by atoms with Crippen LogP contribution in [-0.4, -0.2) is 51.0 Å². The zero-order chi connectivity index (χ0) is 21.1. The molecule has 1 aliphatic heterocycles. The molecule has 0 unspecified atom stereocenters. The van der Waals surface area contributed by atoms with E-state index in [-0.39, 0.29) is 12.5 Å². The van der Waals surface area contributed by atoms with Crippen molar-refractivity contribution in [3.05, 3.63) is 83.7 Å². The Morgan fingerprint density at radius 1 is 1.10 bits per heavy atom. The molecule has 3 aromatic rings. The Morgan fingerprint density at radius 3 is 2.53 bits per heavy atom. The summed E-state index contributed by atoms with van der Waals surface area (Å²) in [6, 6.07) is 17.3. The highest BCUT2D eigenvalue weighted by Crippen LogP contribution is 2.23. The molecule has 2 amide bonds. The lowest BCUT2D eigenvalue weighted by molar-refractivity contribution is -0.134. The third kappa shape index (κ3) is 4.26. The first-order chi connectivity index (χ1) is 14.5. The third-order valence-corrected chi connectivity index (χ3v) is 5.51. The monoisotopic (exact) mass is 403 g/mol. The van der Waals surface area contributed by atoms with Crippen LogP contribution in [0.4, 0.5) is 0 Å². The molecule has 1 aromatic heterocycles. The standard InChI is InChI=1S/C23H25N5O2/c1-26(13-17-12-25-28(14-17)20-9-3-2-4-10-20)22(29)16-27-15-19-8-6-5-7-18(19)11-21(27)23(24)30/h2-10,12,14,21H,11,13,15-16H2,1H3,(H2,24,30)/t21-/m0/s1. The van der Waals surface area contributed by atoms with Gasteiger partial charge >= 0.3 is 0 Å². The maximum atomic E-state index is 12.9. The molecule has 0 fully saturated rings. The highest BCUT2D eigenvalue weighted by atomic mass is 16.2. The van der Waals surface area contributed by atoms with Crippen molar-refractivity contribution in [1.29, 1.82) is 0 Å². The van der Waals surface area contributed by atoms with Crippen LogP contribution in [0.3, 0.4) is 0 Å². The molecule has 4 rings (SSSR count). The zero-order valence-electron chi connectivity index (χ0n) is 16.9. The molecular weight excluding hydrogens is 378 g/mol. The SMILES string of the molecule is CN(Cc1cnn(-c2ccccc2)c1)C(=O)CN1Cc2ccccc2C[C@H]1C(N)=O. The van der Waals surface area contributed by atoms with E-state index in [4.69, 9.17) is 5.73 Å². The Labute approximate surface area is 175 Å². The molecule has 1 atom stereocenters. The topological polar surface area (TPSA) is 84.5 Å². The number of para-hydroxylation sites is 1. The van der Waals surface area contributed by atoms with Crippen molar-refractivity contribution in [2.45, 2.75) is 25.6 Å². The Balaban J connectivity index is 1.42. The number of rotatable bonds is 6. The molecule has 0 spiro atoms. The van der Waals surface area contributed by atoms with E-state index in [0.717, 1.165) is 22.4 Å². The number of carbonyl (C=O) groups excluding carboxylic acids is 2. The van der Waals surface area contributed by atoms with Crippen LogP contribution in [-0.2, 0) is 29.1 Å². The van der Waals surface area contributed by atoms with E-state index in [1.807, 2.05) is 65.7 Å². The number of likely N-dealkylation sites (N-methyl/N-ethyl adjacent to an activating group) is 1. The second kappa shape index (κ2) is 8.51. The predicted octanol–water partition coefficient (Wildman–Crippen LogP) is 1.74. The zero-order valence-corrected chi connectivity index (χ0v) is 16.9. The second-order valence-corrected chi connectivity index (χ2v) is 7.67. The van der Waals surface area contributed by atoms with Gasteiger partial charge in [0.25, 0.3) is 0 Å². The summed E-state index contributed by atoms with van der Waals surface area (Å²) in [5.74, 6) is -0.461. The van der Waals surface area contributed by atoms with E-state index in [2.05, 4.69) is 5.10 Å². The number of amides is 2. The number of nitrogens with two attached hydrogens (primary N) is 1. The van der Waals surface area contributed by atoms with Crippen LogP contribution < -0.4 is 5.73 Å². The van der Waals surface area contributed by atoms with E-state index in [1.165, 1.54) is 0 Å². The van der Waals surface area contributed by atoms with Gasteiger partial charge in [-0.25, -0.2) is 4.68 Å². The van der Waals surface area contributed by atoms with Crippen LogP contribution in [0.2, 0.25) is 0 Å². The van der Waals surface area contributed by atoms with E-state index >= 15 is 0 Å². The maximum absolute atomic E-state index is 12.9. The molecule has 0 bridgehead atoms. The fourth-order valence-corrected chi connectivity index (χ4v) is 3.84. The van der Waals surface area contributed by atoms with Gasteiger partial charge in [0.1, 0.15) is 0 Å². The molecule has 7 heteroatoms. The number of benzene rings is 2. The lowest BCUT2D eigenvalue weighted by atomic mass is 9.93. The molecule has 2 aromatic carbocycles. The van der Waals surface area contributed by atoms with Gasteiger partial charge in [0, 0.05) is 31.9 Å². The fourth-order valence-electron chi connectivity index (χ4n) is 3.84. The van der Waals surface area contributed by atoms with Gasteiger partial charge in [-0.05, 0) is 29.7 Å². The molecule has 2 heterocycles. The van der Waals surface area contributed by atoms with Crippen molar-refractivity contribution in [2.75, 3.05) is 13.6 Å². The highest BCUT2D eigenvalue weighted by molar-refractivity contribution is 5.83. The van der Waals surface area contributed by atoms with Crippen LogP contribution >= 0.6 is 0 Å². The molecule has 0 radical (unpaired) electrons. The van der Waals surface area contributed by atoms with Gasteiger partial charge in [0.2, 0.25) is 11.8 Å². The summed E-state index contributed by atoms with van der Waals surface area (Å²) in [5, 5.41) is 4.38. The fraction of sp³-hybridized carbons (Fsp3) is 0.261. The predicted molar refractivity (Wildman–Crippen MR) is 114 cm³/mol. The van der Waals surface area contributed by atoms with Crippen molar-refractivity contribution >= 4 is 11.8 Å². The molecule has 0 aliphatic carbocycles. The van der Waals surface area contributed by atoms with Crippen LogP contribution in [0, 0.1) is 0 Å². The molecular formula is C23H25N5O2. The molecule has 1 aliphatic rings. The van der Waals surface area contributed by atoms with Crippen molar-refractivity contribution in [2.24, 2.45) is 5.73 Å². The molecule has 154 valence electrons. The minimum atomic E-state index is -0.474. The lowest BCUT2D eigenvalue weighted by Gasteiger charge is -2.35. The minimum absolute atomic E-state index is 0.0620. The maximum Gasteiger partial charge on any atom is 0.236 e. The number of hydrogen-bond acceptors (Lipinski definition) is 4. The van der Waals surface area contributed by atoms with Crippen LogP contribution in [0.25, 0.3) is 5.69 Å². The third-order valence-electron chi connectivity index (χ3n) is 5.51. The lowest BCUT2D eigenvalue weighted by Crippen LogP contribution is -2.51. The summed E-state index contributed by atoms with van der Waals surface area (Å²) in [6.07, 6.45) is 4.22. The molecule has 0 saturated carbocycles. The number of carbonyl (C=O) groups is 2. The summed E-state index contributed by atoms with van der Waals surface area (Å²) in [4.78, 5) is 28.4. The van der Waals surface area contributed by atoms with Gasteiger partial charge in [0.15, 0.2) is 0 Å². The number of primary amides is 1. The summed E-state index contributed by atoms with van der Waals surface area (Å²) in [5.41, 5.74) is 9.78. The van der Waals surface area contributed by atoms with Gasteiger partial charge in [-0.3, -0.25) is 14.5 Å². The van der Waals surface area contributed by atoms with Crippen LogP contribution in [0.15, 0.2) is 67.0 Å². The Morgan fingerprint density at radius 2 is 1.80 bits per heavy atom. The van der Waals surface area contributed by atoms with E-state index in [1.54, 1.807) is 22.8 Å². The smallest absolute Gasteiger partial charge is 0.236 e. The van der Waals surface area contributed by atoms with E-state index in [9.17, 15) is 9.59 Å². The quantitative estimate of drug-likeness (QED) is 0.680. The average molecular weight is 403 g/mol. The van der Waals surface area contributed by atoms with Gasteiger partial charge in [-0.2, -0.15) is 5.10 Å². The van der Waals surface area contributed by atoms with Crippen molar-refractivity contribution in [3.8, 4) is 5.69 Å². The summed E-state index contributed by atoms with van der Waals surface area (Å²) in [7, 11) is 1.76. The van der Waals surface area contributed by atoms with E-state index < -0.39 is 11.9 Å². The first-order valence-corrected chi connectivity index (χ1v) is 9.94. The van der Waals surface area contributed by atoms with Gasteiger partial charge < -0.3 is 10.6 Å². The van der Waals surface area contributed by atoms with Crippen molar-refractivity contribution < 1.29 is 9.59 Å². The summed E-state index contributed by atoms with van der Waals surface area (Å²) >= 11 is 0. The Hall–Kier alpha value is -3.45. The minimum Gasteiger partial charge on any atom is -0.368 e. The van der Waals surface area contributed by atoms with Gasteiger partial charge in [-0.15, -0.1) is 0 Å². The van der Waals surface area contributed by atoms with Crippen LogP contribution in [0.1, 0.15) is 16.7 Å². The second-order valence-electron chi connectivity index (χ2n) is 7.67. The number of aromatic nitrogens is 2. The van der Waals surface area contributed by atoms with Crippen molar-refractivity contribution in [3.63, 3.8) is 0 Å². The molecule has 30 heavy (non-hydrogen) atoms. The Kier molecular flexibility index (Phi) is 5.63. The molecule has 7 nitrogen and oxygen atoms in total. The van der Waals surface area contributed by atoms with Gasteiger partial charge in [-0.1, -0.05) is 42.5 Å². The summed E-state index contributed by atoms with van der Waals surface area (Å²) < 4.78 is 1.79. The largest absolute Gasteiger partial charge is 0.368 e. The number of fused-ring (bicyclic) bond motifs is 1. The molecule has 0 saturated heterocycles. The van der Waals surface area contributed by atoms with Crippen molar-refractivity contribution in [1.82, 2.24) is 19.6 Å². The first kappa shape index (κ1) is 19.8. The van der Waals surface area contributed by atoms with Gasteiger partial charge in [0.05, 0.1) is 24.5 Å². The number of nitrogens with zero attached hydrogens (tertiary/aromatic N) is 4. The van der Waals surface area contributed by atoms with Crippen LogP contribution in [0.5, 0.6) is 0 Å². The van der Waals surface area contributed by atoms with E-state index in [0.29, 0.717) is 19.5 Å². The highest BCUT2D eigenvalue weighted by Gasteiger charge is 2.31. The summed E-state index contributed by atoms with van der Waals surface area (Å²) in [6.45, 7) is 1.12. The average Bonchev–Trinajstić information content (AvgIpc) is 3.22. The first-order valence-electron chi connectivity index (χ1n) is 9.94. The Bertz CT molecular complexity index is 1050.